The molecule has 1 fully saturated rings. The maximum atomic E-state index is 12.6. The van der Waals surface area contributed by atoms with Gasteiger partial charge in [-0.2, -0.15) is 0 Å². The van der Waals surface area contributed by atoms with Crippen molar-refractivity contribution in [3.8, 4) is 5.75 Å². The molecule has 3 aromatic rings. The van der Waals surface area contributed by atoms with Crippen molar-refractivity contribution in [2.24, 2.45) is 0 Å². The van der Waals surface area contributed by atoms with Gasteiger partial charge in [-0.05, 0) is 48.9 Å². The van der Waals surface area contributed by atoms with E-state index in [1.54, 1.807) is 14.0 Å². The molecule has 0 aliphatic carbocycles. The summed E-state index contributed by atoms with van der Waals surface area (Å²) in [5, 5.41) is 4.07. The summed E-state index contributed by atoms with van der Waals surface area (Å²) >= 11 is 0. The first-order valence-corrected chi connectivity index (χ1v) is 11.1. The van der Waals surface area contributed by atoms with Crippen molar-refractivity contribution in [1.29, 1.82) is 0 Å². The number of carbonyl (C=O) groups is 1. The van der Waals surface area contributed by atoms with Gasteiger partial charge in [-0.25, -0.2) is 0 Å². The highest BCUT2D eigenvalue weighted by atomic mass is 16.5. The molecular formula is C25H31N3O4. The molecule has 0 saturated carbocycles. The lowest BCUT2D eigenvalue weighted by Crippen LogP contribution is -2.38. The number of amides is 1. The Labute approximate surface area is 188 Å². The number of aromatic nitrogens is 1. The van der Waals surface area contributed by atoms with Crippen LogP contribution < -0.4 is 10.1 Å². The molecule has 32 heavy (non-hydrogen) atoms. The minimum atomic E-state index is -0.574. The second-order valence-electron chi connectivity index (χ2n) is 8.03. The molecule has 4 rings (SSSR count). The molecule has 1 aliphatic heterocycles. The zero-order chi connectivity index (χ0) is 22.3. The Morgan fingerprint density at radius 2 is 1.97 bits per heavy atom. The highest BCUT2D eigenvalue weighted by Gasteiger charge is 2.15. The third-order valence-electron chi connectivity index (χ3n) is 5.80. The van der Waals surface area contributed by atoms with E-state index in [-0.39, 0.29) is 5.91 Å². The molecule has 0 bridgehead atoms. The molecule has 0 spiro atoms. The van der Waals surface area contributed by atoms with E-state index in [9.17, 15) is 4.79 Å². The number of morpholine rings is 1. The van der Waals surface area contributed by atoms with Gasteiger partial charge in [0.15, 0.2) is 0 Å². The first-order chi connectivity index (χ1) is 15.6. The SMILES string of the molecule is COc1cccc(COC(C)C(=O)Nc2ccc3c(ccn3CCN3CCOCC3)c2)c1. The van der Waals surface area contributed by atoms with Crippen LogP contribution in [0.3, 0.4) is 0 Å². The van der Waals surface area contributed by atoms with Crippen molar-refractivity contribution >= 4 is 22.5 Å². The zero-order valence-electron chi connectivity index (χ0n) is 18.8. The Bertz CT molecular complexity index is 1040. The smallest absolute Gasteiger partial charge is 0.253 e. The van der Waals surface area contributed by atoms with Crippen LogP contribution in [0.25, 0.3) is 10.9 Å². The average Bonchev–Trinajstić information content (AvgIpc) is 3.24. The summed E-state index contributed by atoms with van der Waals surface area (Å²) in [5.74, 6) is 0.604. The van der Waals surface area contributed by atoms with Crippen molar-refractivity contribution in [1.82, 2.24) is 9.47 Å². The Hall–Kier alpha value is -2.87. The number of nitrogens with one attached hydrogen (secondary N) is 1. The van der Waals surface area contributed by atoms with Gasteiger partial charge in [0.1, 0.15) is 11.9 Å². The highest BCUT2D eigenvalue weighted by molar-refractivity contribution is 5.96. The van der Waals surface area contributed by atoms with E-state index in [4.69, 9.17) is 14.2 Å². The van der Waals surface area contributed by atoms with Crippen molar-refractivity contribution < 1.29 is 19.0 Å². The first kappa shape index (κ1) is 22.3. The number of methoxy groups -OCH3 is 1. The third kappa shape index (κ3) is 5.68. The summed E-state index contributed by atoms with van der Waals surface area (Å²) < 4.78 is 18.7. The van der Waals surface area contributed by atoms with E-state index in [2.05, 4.69) is 33.1 Å². The summed E-state index contributed by atoms with van der Waals surface area (Å²) in [5.41, 5.74) is 2.90. The highest BCUT2D eigenvalue weighted by Crippen LogP contribution is 2.21. The molecular weight excluding hydrogens is 406 g/mol. The topological polar surface area (TPSA) is 65.0 Å². The van der Waals surface area contributed by atoms with Crippen LogP contribution in [0.5, 0.6) is 5.75 Å². The monoisotopic (exact) mass is 437 g/mol. The molecule has 7 nitrogen and oxygen atoms in total. The van der Waals surface area contributed by atoms with Gasteiger partial charge in [0.25, 0.3) is 5.91 Å². The van der Waals surface area contributed by atoms with Gasteiger partial charge in [-0.15, -0.1) is 0 Å². The lowest BCUT2D eigenvalue weighted by atomic mass is 10.2. The number of rotatable bonds is 9. The van der Waals surface area contributed by atoms with Crippen LogP contribution in [0.15, 0.2) is 54.7 Å². The van der Waals surface area contributed by atoms with E-state index in [1.807, 2.05) is 36.4 Å². The maximum Gasteiger partial charge on any atom is 0.253 e. The molecule has 2 heterocycles. The third-order valence-corrected chi connectivity index (χ3v) is 5.80. The molecule has 1 amide bonds. The molecule has 1 aliphatic rings. The predicted octanol–water partition coefficient (Wildman–Crippen LogP) is 3.53. The van der Waals surface area contributed by atoms with Crippen molar-refractivity contribution in [3.63, 3.8) is 0 Å². The average molecular weight is 438 g/mol. The fraction of sp³-hybridized carbons (Fsp3) is 0.400. The number of carbonyl (C=O) groups excluding carboxylic acids is 1. The van der Waals surface area contributed by atoms with Gasteiger partial charge in [0, 0.05) is 49.0 Å². The fourth-order valence-corrected chi connectivity index (χ4v) is 3.85. The van der Waals surface area contributed by atoms with Crippen LogP contribution in [0.2, 0.25) is 0 Å². The van der Waals surface area contributed by atoms with E-state index in [0.717, 1.165) is 61.8 Å². The second-order valence-corrected chi connectivity index (χ2v) is 8.03. The molecule has 170 valence electrons. The quantitative estimate of drug-likeness (QED) is 0.555. The van der Waals surface area contributed by atoms with Crippen LogP contribution >= 0.6 is 0 Å². The summed E-state index contributed by atoms with van der Waals surface area (Å²) in [7, 11) is 1.63. The minimum Gasteiger partial charge on any atom is -0.497 e. The first-order valence-electron chi connectivity index (χ1n) is 11.1. The summed E-state index contributed by atoms with van der Waals surface area (Å²) in [6.07, 6.45) is 1.53. The standard InChI is InChI=1S/C25H31N3O4/c1-19(32-18-20-4-3-5-23(16-20)30-2)25(29)26-22-6-7-24-21(17-22)8-9-28(24)11-10-27-12-14-31-15-13-27/h3-9,16-17,19H,10-15,18H2,1-2H3,(H,26,29). The zero-order valence-corrected chi connectivity index (χ0v) is 18.8. The number of fused-ring (bicyclic) bond motifs is 1. The van der Waals surface area contributed by atoms with Crippen LogP contribution in [-0.2, 0) is 27.4 Å². The normalized spacial score (nSPS) is 15.6. The Balaban J connectivity index is 1.31. The second kappa shape index (κ2) is 10.6. The maximum absolute atomic E-state index is 12.6. The van der Waals surface area contributed by atoms with Crippen molar-refractivity contribution in [2.45, 2.75) is 26.2 Å². The summed E-state index contributed by atoms with van der Waals surface area (Å²) in [4.78, 5) is 15.0. The molecule has 1 saturated heterocycles. The van der Waals surface area contributed by atoms with Crippen LogP contribution in [0.1, 0.15) is 12.5 Å². The number of nitrogens with zero attached hydrogens (tertiary/aromatic N) is 2. The molecule has 1 unspecified atom stereocenters. The van der Waals surface area contributed by atoms with Gasteiger partial charge in [0.2, 0.25) is 0 Å². The Morgan fingerprint density at radius 3 is 2.78 bits per heavy atom. The number of hydrogen-bond acceptors (Lipinski definition) is 5. The van der Waals surface area contributed by atoms with E-state index < -0.39 is 6.10 Å². The predicted molar refractivity (Wildman–Crippen MR) is 125 cm³/mol. The summed E-state index contributed by atoms with van der Waals surface area (Å²) in [6, 6.07) is 15.7. The molecule has 1 atom stereocenters. The number of hydrogen-bond donors (Lipinski definition) is 1. The lowest BCUT2D eigenvalue weighted by molar-refractivity contribution is -0.127. The summed E-state index contributed by atoms with van der Waals surface area (Å²) in [6.45, 7) is 7.67. The molecule has 0 radical (unpaired) electrons. The molecule has 1 aromatic heterocycles. The van der Waals surface area contributed by atoms with Gasteiger partial charge < -0.3 is 24.1 Å². The number of benzene rings is 2. The van der Waals surface area contributed by atoms with Crippen LogP contribution in [-0.4, -0.2) is 61.4 Å². The number of anilines is 1. The van der Waals surface area contributed by atoms with Crippen molar-refractivity contribution in [3.05, 3.63) is 60.3 Å². The van der Waals surface area contributed by atoms with Crippen LogP contribution in [0.4, 0.5) is 5.69 Å². The molecule has 2 aromatic carbocycles. The van der Waals surface area contributed by atoms with Crippen molar-refractivity contribution in [2.75, 3.05) is 45.3 Å². The fourth-order valence-electron chi connectivity index (χ4n) is 3.85. The van der Waals surface area contributed by atoms with E-state index >= 15 is 0 Å². The van der Waals surface area contributed by atoms with Gasteiger partial charge >= 0.3 is 0 Å². The van der Waals surface area contributed by atoms with Gasteiger partial charge in [-0.1, -0.05) is 12.1 Å². The van der Waals surface area contributed by atoms with Crippen LogP contribution in [0, 0.1) is 0 Å². The van der Waals surface area contributed by atoms with E-state index in [0.29, 0.717) is 6.61 Å². The van der Waals surface area contributed by atoms with Gasteiger partial charge in [-0.3, -0.25) is 9.69 Å². The van der Waals surface area contributed by atoms with Gasteiger partial charge in [0.05, 0.1) is 26.9 Å². The Kier molecular flexibility index (Phi) is 7.42. The minimum absolute atomic E-state index is 0.168. The Morgan fingerprint density at radius 1 is 1.12 bits per heavy atom. The van der Waals surface area contributed by atoms with E-state index in [1.165, 1.54) is 5.52 Å². The largest absolute Gasteiger partial charge is 0.497 e. The lowest BCUT2D eigenvalue weighted by Gasteiger charge is -2.26. The molecule has 1 N–H and O–H groups in total. The molecule has 7 heteroatoms. The number of ether oxygens (including phenoxy) is 3.